The van der Waals surface area contributed by atoms with E-state index in [4.69, 9.17) is 21.3 Å². The van der Waals surface area contributed by atoms with E-state index in [1.54, 1.807) is 18.4 Å². The zero-order valence-electron chi connectivity index (χ0n) is 15.3. The number of halogens is 1. The summed E-state index contributed by atoms with van der Waals surface area (Å²) in [7, 11) is 1.72. The fraction of sp³-hybridized carbons (Fsp3) is 0.286. The fourth-order valence-corrected chi connectivity index (χ4v) is 3.85. The van der Waals surface area contributed by atoms with Gasteiger partial charge in [-0.1, -0.05) is 48.9 Å². The van der Waals surface area contributed by atoms with Crippen LogP contribution in [0.1, 0.15) is 18.1 Å². The van der Waals surface area contributed by atoms with Crippen LogP contribution in [0.15, 0.2) is 52.8 Å². The molecule has 0 amide bonds. The predicted molar refractivity (Wildman–Crippen MR) is 110 cm³/mol. The van der Waals surface area contributed by atoms with Crippen LogP contribution in [-0.2, 0) is 17.7 Å². The van der Waals surface area contributed by atoms with Crippen LogP contribution in [-0.4, -0.2) is 18.3 Å². The van der Waals surface area contributed by atoms with Crippen LogP contribution in [0.3, 0.4) is 0 Å². The largest absolute Gasteiger partial charge is 0.383 e. The molecule has 1 heterocycles. The zero-order chi connectivity index (χ0) is 18.5. The molecule has 5 heteroatoms. The van der Waals surface area contributed by atoms with Crippen LogP contribution in [0.2, 0.25) is 5.02 Å². The van der Waals surface area contributed by atoms with Crippen molar-refractivity contribution in [3.05, 3.63) is 68.8 Å². The number of hydrogen-bond donors (Lipinski definition) is 0. The van der Waals surface area contributed by atoms with E-state index in [1.165, 1.54) is 11.1 Å². The van der Waals surface area contributed by atoms with Crippen molar-refractivity contribution in [2.24, 2.45) is 4.99 Å². The normalized spacial score (nSPS) is 11.9. The first-order valence-corrected chi connectivity index (χ1v) is 9.95. The highest BCUT2D eigenvalue weighted by Crippen LogP contribution is 2.24. The maximum atomic E-state index is 6.25. The molecule has 2 aromatic carbocycles. The monoisotopic (exact) mass is 386 g/mol. The number of rotatable bonds is 6. The Morgan fingerprint density at radius 2 is 1.92 bits per heavy atom. The molecule has 0 aliphatic carbocycles. The summed E-state index contributed by atoms with van der Waals surface area (Å²) in [5.74, 6) is 0. The van der Waals surface area contributed by atoms with E-state index in [0.717, 1.165) is 39.7 Å². The molecular formula is C21H23ClN2OS. The van der Waals surface area contributed by atoms with E-state index in [-0.39, 0.29) is 0 Å². The van der Waals surface area contributed by atoms with Crippen LogP contribution in [0.25, 0.3) is 11.3 Å². The minimum Gasteiger partial charge on any atom is -0.383 e. The highest BCUT2D eigenvalue weighted by molar-refractivity contribution is 7.07. The number of methoxy groups -OCH3 is 1. The third-order valence-electron chi connectivity index (χ3n) is 4.35. The molecule has 0 atom stereocenters. The molecule has 3 nitrogen and oxygen atoms in total. The number of thiazole rings is 1. The van der Waals surface area contributed by atoms with Crippen LogP contribution in [0, 0.1) is 6.92 Å². The molecule has 3 aromatic rings. The highest BCUT2D eigenvalue weighted by Gasteiger charge is 2.08. The quantitative estimate of drug-likeness (QED) is 0.540. The number of ether oxygens (including phenoxy) is 1. The SMILES string of the molecule is CCc1ccc(-c2csc(=Nc3ccc(C)c(Cl)c3)n2CCOC)cc1. The first-order chi connectivity index (χ1) is 12.6. The fourth-order valence-electron chi connectivity index (χ4n) is 2.72. The van der Waals surface area contributed by atoms with E-state index in [1.807, 2.05) is 25.1 Å². The van der Waals surface area contributed by atoms with Gasteiger partial charge in [-0.05, 0) is 42.2 Å². The lowest BCUT2D eigenvalue weighted by molar-refractivity contribution is 0.187. The molecule has 136 valence electrons. The average Bonchev–Trinajstić information content (AvgIpc) is 3.05. The Labute approximate surface area is 163 Å². The van der Waals surface area contributed by atoms with Crippen LogP contribution in [0.4, 0.5) is 5.69 Å². The molecule has 0 saturated heterocycles. The molecule has 0 spiro atoms. The van der Waals surface area contributed by atoms with Gasteiger partial charge in [-0.25, -0.2) is 4.99 Å². The van der Waals surface area contributed by atoms with Gasteiger partial charge in [0.05, 0.1) is 18.0 Å². The topological polar surface area (TPSA) is 26.5 Å². The minimum atomic E-state index is 0.638. The van der Waals surface area contributed by atoms with Gasteiger partial charge in [0.1, 0.15) is 0 Å². The van der Waals surface area contributed by atoms with E-state index < -0.39 is 0 Å². The second-order valence-electron chi connectivity index (χ2n) is 6.14. The summed E-state index contributed by atoms with van der Waals surface area (Å²) in [6.45, 7) is 5.55. The van der Waals surface area contributed by atoms with Gasteiger partial charge in [0.25, 0.3) is 0 Å². The molecule has 0 aliphatic heterocycles. The third kappa shape index (κ3) is 4.26. The van der Waals surface area contributed by atoms with Crippen molar-refractivity contribution in [3.63, 3.8) is 0 Å². The van der Waals surface area contributed by atoms with Gasteiger partial charge >= 0.3 is 0 Å². The van der Waals surface area contributed by atoms with Gasteiger partial charge in [-0.2, -0.15) is 0 Å². The lowest BCUT2D eigenvalue weighted by atomic mass is 10.1. The Morgan fingerprint density at radius 1 is 1.15 bits per heavy atom. The molecular weight excluding hydrogens is 364 g/mol. The van der Waals surface area contributed by atoms with Crippen molar-refractivity contribution in [1.29, 1.82) is 0 Å². The number of nitrogens with zero attached hydrogens (tertiary/aromatic N) is 2. The van der Waals surface area contributed by atoms with Crippen molar-refractivity contribution in [3.8, 4) is 11.3 Å². The van der Waals surface area contributed by atoms with Gasteiger partial charge in [0.2, 0.25) is 0 Å². The minimum absolute atomic E-state index is 0.638. The van der Waals surface area contributed by atoms with Gasteiger partial charge in [0, 0.05) is 24.1 Å². The first-order valence-electron chi connectivity index (χ1n) is 8.70. The lowest BCUT2D eigenvalue weighted by Gasteiger charge is -2.09. The summed E-state index contributed by atoms with van der Waals surface area (Å²) < 4.78 is 7.51. The molecule has 26 heavy (non-hydrogen) atoms. The summed E-state index contributed by atoms with van der Waals surface area (Å²) in [5.41, 5.74) is 5.61. The second kappa shape index (κ2) is 8.67. The summed E-state index contributed by atoms with van der Waals surface area (Å²) in [6.07, 6.45) is 1.04. The first kappa shape index (κ1) is 18.9. The summed E-state index contributed by atoms with van der Waals surface area (Å²) in [5, 5.41) is 2.90. The Bertz CT molecular complexity index is 941. The highest BCUT2D eigenvalue weighted by atomic mass is 35.5. The lowest BCUT2D eigenvalue weighted by Crippen LogP contribution is -2.18. The molecule has 0 unspecified atom stereocenters. The van der Waals surface area contributed by atoms with E-state index in [2.05, 4.69) is 41.1 Å². The zero-order valence-corrected chi connectivity index (χ0v) is 16.9. The van der Waals surface area contributed by atoms with Crippen molar-refractivity contribution in [2.75, 3.05) is 13.7 Å². The van der Waals surface area contributed by atoms with Crippen molar-refractivity contribution in [2.45, 2.75) is 26.8 Å². The maximum absolute atomic E-state index is 6.25. The molecule has 0 fully saturated rings. The summed E-state index contributed by atoms with van der Waals surface area (Å²) in [6, 6.07) is 14.6. The third-order valence-corrected chi connectivity index (χ3v) is 5.63. The molecule has 0 aliphatic rings. The Balaban J connectivity index is 2.06. The Kier molecular flexibility index (Phi) is 6.30. The molecule has 1 aromatic heterocycles. The van der Waals surface area contributed by atoms with Gasteiger partial charge in [0.15, 0.2) is 4.80 Å². The molecule has 0 bridgehead atoms. The van der Waals surface area contributed by atoms with Crippen LogP contribution < -0.4 is 4.80 Å². The van der Waals surface area contributed by atoms with Crippen molar-refractivity contribution in [1.82, 2.24) is 4.57 Å². The van der Waals surface area contributed by atoms with Crippen molar-refractivity contribution < 1.29 is 4.74 Å². The maximum Gasteiger partial charge on any atom is 0.190 e. The van der Waals surface area contributed by atoms with Crippen LogP contribution >= 0.6 is 22.9 Å². The number of benzene rings is 2. The van der Waals surface area contributed by atoms with Gasteiger partial charge in [-0.15, -0.1) is 11.3 Å². The van der Waals surface area contributed by atoms with E-state index in [0.29, 0.717) is 6.61 Å². The predicted octanol–water partition coefficient (Wildman–Crippen LogP) is 5.62. The summed E-state index contributed by atoms with van der Waals surface area (Å²) in [4.78, 5) is 5.76. The van der Waals surface area contributed by atoms with Gasteiger partial charge in [-0.3, -0.25) is 0 Å². The molecule has 0 radical (unpaired) electrons. The summed E-state index contributed by atoms with van der Waals surface area (Å²) >= 11 is 7.88. The Hall–Kier alpha value is -1.88. The molecule has 0 N–H and O–H groups in total. The number of hydrogen-bond acceptors (Lipinski definition) is 3. The van der Waals surface area contributed by atoms with E-state index in [9.17, 15) is 0 Å². The van der Waals surface area contributed by atoms with Crippen molar-refractivity contribution >= 4 is 28.6 Å². The van der Waals surface area contributed by atoms with Crippen LogP contribution in [0.5, 0.6) is 0 Å². The second-order valence-corrected chi connectivity index (χ2v) is 7.39. The number of aryl methyl sites for hydroxylation is 2. The smallest absolute Gasteiger partial charge is 0.190 e. The molecule has 3 rings (SSSR count). The Morgan fingerprint density at radius 3 is 2.58 bits per heavy atom. The average molecular weight is 387 g/mol. The van der Waals surface area contributed by atoms with E-state index >= 15 is 0 Å². The number of aromatic nitrogens is 1. The standard InChI is InChI=1S/C21H23ClN2OS/c1-4-16-6-8-17(9-7-16)20-14-26-21(24(20)11-12-25-3)23-18-10-5-15(2)19(22)13-18/h5-10,13-14H,4,11-12H2,1-3H3. The molecule has 0 saturated carbocycles. The van der Waals surface area contributed by atoms with Gasteiger partial charge < -0.3 is 9.30 Å².